The standard InChI is InChI=1S/C20H28N2O3/c23-18-13-21(12-11-16-7-3-1-4-8-16)19(24)15-22(14-18)20(25)17-9-5-2-6-10-17/h1,3-4,7-8,17-18,23H,2,5-6,9-15H2. The number of aliphatic hydroxyl groups is 1. The Morgan fingerprint density at radius 1 is 1.08 bits per heavy atom. The Morgan fingerprint density at radius 3 is 2.52 bits per heavy atom. The third-order valence-electron chi connectivity index (χ3n) is 5.32. The van der Waals surface area contributed by atoms with E-state index < -0.39 is 6.10 Å². The molecule has 2 aliphatic rings. The van der Waals surface area contributed by atoms with E-state index >= 15 is 0 Å². The largest absolute Gasteiger partial charge is 0.389 e. The van der Waals surface area contributed by atoms with Crippen molar-refractivity contribution in [2.75, 3.05) is 26.2 Å². The molecule has 1 atom stereocenters. The number of nitrogens with zero attached hydrogens (tertiary/aromatic N) is 2. The first-order chi connectivity index (χ1) is 12.1. The van der Waals surface area contributed by atoms with Crippen molar-refractivity contribution >= 4 is 11.8 Å². The van der Waals surface area contributed by atoms with Crippen LogP contribution in [-0.4, -0.2) is 59.0 Å². The summed E-state index contributed by atoms with van der Waals surface area (Å²) in [6, 6.07) is 10.0. The molecular weight excluding hydrogens is 316 g/mol. The van der Waals surface area contributed by atoms with E-state index in [1.807, 2.05) is 30.3 Å². The molecule has 1 N–H and O–H groups in total. The van der Waals surface area contributed by atoms with Crippen LogP contribution in [0.15, 0.2) is 30.3 Å². The Hall–Kier alpha value is -1.88. The second-order valence-electron chi connectivity index (χ2n) is 7.28. The molecule has 3 rings (SSSR count). The van der Waals surface area contributed by atoms with E-state index in [1.54, 1.807) is 9.80 Å². The highest BCUT2D eigenvalue weighted by Gasteiger charge is 2.32. The first-order valence-corrected chi connectivity index (χ1v) is 9.42. The Balaban J connectivity index is 1.59. The van der Waals surface area contributed by atoms with Gasteiger partial charge in [-0.3, -0.25) is 9.59 Å². The van der Waals surface area contributed by atoms with Crippen molar-refractivity contribution in [3.8, 4) is 0 Å². The third-order valence-corrected chi connectivity index (χ3v) is 5.32. The average Bonchev–Trinajstić information content (AvgIpc) is 2.79. The molecule has 2 amide bonds. The quantitative estimate of drug-likeness (QED) is 0.907. The van der Waals surface area contributed by atoms with E-state index in [4.69, 9.17) is 0 Å². The number of hydrogen-bond acceptors (Lipinski definition) is 3. The van der Waals surface area contributed by atoms with Crippen molar-refractivity contribution in [3.63, 3.8) is 0 Å². The Bertz CT molecular complexity index is 584. The molecule has 1 aromatic carbocycles. The highest BCUT2D eigenvalue weighted by molar-refractivity contribution is 5.86. The van der Waals surface area contributed by atoms with Crippen LogP contribution in [0.3, 0.4) is 0 Å². The number of hydrogen-bond donors (Lipinski definition) is 1. The Labute approximate surface area is 149 Å². The molecule has 1 heterocycles. The van der Waals surface area contributed by atoms with E-state index in [1.165, 1.54) is 12.0 Å². The number of aliphatic hydroxyl groups excluding tert-OH is 1. The number of carbonyl (C=O) groups is 2. The average molecular weight is 344 g/mol. The molecule has 1 saturated heterocycles. The third kappa shape index (κ3) is 4.82. The number of β-amino-alcohol motifs (C(OH)–C–C–N with tert-alkyl or cyclic N) is 1. The van der Waals surface area contributed by atoms with Crippen LogP contribution in [0.2, 0.25) is 0 Å². The fourth-order valence-electron chi connectivity index (χ4n) is 3.90. The van der Waals surface area contributed by atoms with E-state index in [9.17, 15) is 14.7 Å². The van der Waals surface area contributed by atoms with Crippen LogP contribution in [-0.2, 0) is 16.0 Å². The molecule has 136 valence electrons. The first kappa shape index (κ1) is 17.9. The molecule has 2 fully saturated rings. The summed E-state index contributed by atoms with van der Waals surface area (Å²) >= 11 is 0. The number of carbonyl (C=O) groups excluding carboxylic acids is 2. The van der Waals surface area contributed by atoms with E-state index in [0.717, 1.165) is 32.1 Å². The summed E-state index contributed by atoms with van der Waals surface area (Å²) in [5.41, 5.74) is 1.17. The van der Waals surface area contributed by atoms with Crippen LogP contribution < -0.4 is 0 Å². The van der Waals surface area contributed by atoms with E-state index in [0.29, 0.717) is 13.1 Å². The van der Waals surface area contributed by atoms with Gasteiger partial charge in [0.2, 0.25) is 11.8 Å². The molecule has 1 aliphatic heterocycles. The van der Waals surface area contributed by atoms with Crippen LogP contribution >= 0.6 is 0 Å². The fourth-order valence-corrected chi connectivity index (χ4v) is 3.90. The Kier molecular flexibility index (Phi) is 6.08. The summed E-state index contributed by atoms with van der Waals surface area (Å²) < 4.78 is 0. The minimum absolute atomic E-state index is 0.0321. The van der Waals surface area contributed by atoms with Gasteiger partial charge in [-0.15, -0.1) is 0 Å². The molecule has 0 radical (unpaired) electrons. The second kappa shape index (κ2) is 8.48. The summed E-state index contributed by atoms with van der Waals surface area (Å²) in [7, 11) is 0. The van der Waals surface area contributed by atoms with Crippen LogP contribution in [0.5, 0.6) is 0 Å². The summed E-state index contributed by atoms with van der Waals surface area (Å²) in [4.78, 5) is 28.6. The lowest BCUT2D eigenvalue weighted by Gasteiger charge is -2.28. The van der Waals surface area contributed by atoms with Gasteiger partial charge in [0.25, 0.3) is 0 Å². The van der Waals surface area contributed by atoms with E-state index in [2.05, 4.69) is 0 Å². The molecule has 25 heavy (non-hydrogen) atoms. The normalized spacial score (nSPS) is 22.8. The van der Waals surface area contributed by atoms with Crippen LogP contribution in [0.4, 0.5) is 0 Å². The summed E-state index contributed by atoms with van der Waals surface area (Å²) in [5.74, 6) is 0.0262. The maximum Gasteiger partial charge on any atom is 0.242 e. The maximum absolute atomic E-state index is 12.7. The molecule has 0 aromatic heterocycles. The zero-order valence-corrected chi connectivity index (χ0v) is 14.8. The minimum atomic E-state index is -0.672. The monoisotopic (exact) mass is 344 g/mol. The molecule has 0 spiro atoms. The van der Waals surface area contributed by atoms with Gasteiger partial charge < -0.3 is 14.9 Å². The summed E-state index contributed by atoms with van der Waals surface area (Å²) in [6.07, 6.45) is 5.28. The SMILES string of the molecule is O=C1CN(C(=O)C2CCCCC2)CC(O)CN1CCc1ccccc1. The van der Waals surface area contributed by atoms with Gasteiger partial charge in [0.05, 0.1) is 12.6 Å². The zero-order valence-electron chi connectivity index (χ0n) is 14.8. The lowest BCUT2D eigenvalue weighted by atomic mass is 9.88. The predicted octanol–water partition coefficient (Wildman–Crippen LogP) is 1.84. The van der Waals surface area contributed by atoms with Crippen molar-refractivity contribution in [2.24, 2.45) is 5.92 Å². The lowest BCUT2D eigenvalue weighted by molar-refractivity contribution is -0.142. The highest BCUT2D eigenvalue weighted by Crippen LogP contribution is 2.26. The van der Waals surface area contributed by atoms with Crippen LogP contribution in [0, 0.1) is 5.92 Å². The molecule has 1 aromatic rings. The van der Waals surface area contributed by atoms with Gasteiger partial charge >= 0.3 is 0 Å². The van der Waals surface area contributed by atoms with Gasteiger partial charge in [-0.05, 0) is 24.8 Å². The van der Waals surface area contributed by atoms with Crippen molar-refractivity contribution in [3.05, 3.63) is 35.9 Å². The van der Waals surface area contributed by atoms with Gasteiger partial charge in [0.1, 0.15) is 0 Å². The molecule has 0 bridgehead atoms. The second-order valence-corrected chi connectivity index (χ2v) is 7.28. The molecule has 5 heteroatoms. The van der Waals surface area contributed by atoms with Crippen molar-refractivity contribution in [1.29, 1.82) is 0 Å². The van der Waals surface area contributed by atoms with Crippen molar-refractivity contribution in [1.82, 2.24) is 9.80 Å². The van der Waals surface area contributed by atoms with Crippen molar-refractivity contribution < 1.29 is 14.7 Å². The number of benzene rings is 1. The first-order valence-electron chi connectivity index (χ1n) is 9.42. The van der Waals surface area contributed by atoms with Gasteiger partial charge in [-0.1, -0.05) is 49.6 Å². The Morgan fingerprint density at radius 2 is 1.80 bits per heavy atom. The topological polar surface area (TPSA) is 60.9 Å². The summed E-state index contributed by atoms with van der Waals surface area (Å²) in [5, 5.41) is 10.3. The molecule has 1 saturated carbocycles. The van der Waals surface area contributed by atoms with Crippen LogP contribution in [0.1, 0.15) is 37.7 Å². The predicted molar refractivity (Wildman–Crippen MR) is 95.9 cm³/mol. The van der Waals surface area contributed by atoms with Gasteiger partial charge in [-0.2, -0.15) is 0 Å². The number of amides is 2. The molecule has 5 nitrogen and oxygen atoms in total. The van der Waals surface area contributed by atoms with Crippen LogP contribution in [0.25, 0.3) is 0 Å². The molecule has 1 unspecified atom stereocenters. The maximum atomic E-state index is 12.7. The smallest absolute Gasteiger partial charge is 0.242 e. The van der Waals surface area contributed by atoms with Gasteiger partial charge in [-0.25, -0.2) is 0 Å². The van der Waals surface area contributed by atoms with Crippen molar-refractivity contribution in [2.45, 2.75) is 44.6 Å². The van der Waals surface area contributed by atoms with Gasteiger partial charge in [0, 0.05) is 25.6 Å². The van der Waals surface area contributed by atoms with Gasteiger partial charge in [0.15, 0.2) is 0 Å². The molecular formula is C20H28N2O3. The highest BCUT2D eigenvalue weighted by atomic mass is 16.3. The zero-order chi connectivity index (χ0) is 17.6. The molecule has 1 aliphatic carbocycles. The lowest BCUT2D eigenvalue weighted by Crippen LogP contribution is -2.43. The van der Waals surface area contributed by atoms with E-state index in [-0.39, 0.29) is 30.8 Å². The summed E-state index contributed by atoms with van der Waals surface area (Å²) in [6.45, 7) is 1.25. The minimum Gasteiger partial charge on any atom is -0.389 e. The fraction of sp³-hybridized carbons (Fsp3) is 0.600. The number of rotatable bonds is 4.